The SMILES string of the molecule is CN(CCOc1ccccc1F)C(=O)CCn1c(=O)oc2cc(S(N)(=O)=O)ccc21. The zero-order valence-electron chi connectivity index (χ0n) is 16.1. The van der Waals surface area contributed by atoms with Crippen LogP contribution in [-0.2, 0) is 21.4 Å². The second kappa shape index (κ2) is 8.67. The van der Waals surface area contributed by atoms with Gasteiger partial charge in [-0.3, -0.25) is 9.36 Å². The quantitative estimate of drug-likeness (QED) is 0.566. The van der Waals surface area contributed by atoms with Crippen molar-refractivity contribution in [2.75, 3.05) is 20.2 Å². The molecule has 0 bridgehead atoms. The van der Waals surface area contributed by atoms with Gasteiger partial charge in [0, 0.05) is 26.1 Å². The Morgan fingerprint density at radius 1 is 1.27 bits per heavy atom. The van der Waals surface area contributed by atoms with E-state index in [9.17, 15) is 22.4 Å². The molecule has 0 aliphatic rings. The molecular weight excluding hydrogens is 417 g/mol. The number of para-hydroxylation sites is 1. The lowest BCUT2D eigenvalue weighted by atomic mass is 10.3. The van der Waals surface area contributed by atoms with E-state index in [0.29, 0.717) is 5.52 Å². The monoisotopic (exact) mass is 437 g/mol. The van der Waals surface area contributed by atoms with Gasteiger partial charge in [0.15, 0.2) is 17.1 Å². The van der Waals surface area contributed by atoms with Crippen molar-refractivity contribution < 1.29 is 26.8 Å². The van der Waals surface area contributed by atoms with Crippen molar-refractivity contribution in [2.45, 2.75) is 17.9 Å². The number of benzene rings is 2. The number of ether oxygens (including phenoxy) is 1. The number of carbonyl (C=O) groups excluding carboxylic acids is 1. The number of sulfonamides is 1. The second-order valence-corrected chi connectivity index (χ2v) is 8.10. The van der Waals surface area contributed by atoms with Gasteiger partial charge in [0.25, 0.3) is 0 Å². The lowest BCUT2D eigenvalue weighted by molar-refractivity contribution is -0.130. The predicted molar refractivity (Wildman–Crippen MR) is 106 cm³/mol. The van der Waals surface area contributed by atoms with Crippen molar-refractivity contribution in [1.82, 2.24) is 9.47 Å². The molecule has 2 aromatic carbocycles. The fourth-order valence-corrected chi connectivity index (χ4v) is 3.34. The molecule has 0 unspecified atom stereocenters. The number of hydrogen-bond donors (Lipinski definition) is 1. The van der Waals surface area contributed by atoms with Crippen LogP contribution >= 0.6 is 0 Å². The number of nitrogens with two attached hydrogens (primary N) is 1. The first-order chi connectivity index (χ1) is 14.2. The Morgan fingerprint density at radius 2 is 2.00 bits per heavy atom. The van der Waals surface area contributed by atoms with Gasteiger partial charge in [-0.15, -0.1) is 0 Å². The summed E-state index contributed by atoms with van der Waals surface area (Å²) in [4.78, 5) is 25.6. The van der Waals surface area contributed by atoms with E-state index < -0.39 is 21.6 Å². The topological polar surface area (TPSA) is 125 Å². The van der Waals surface area contributed by atoms with Crippen molar-refractivity contribution in [3.05, 3.63) is 58.8 Å². The number of halogens is 1. The summed E-state index contributed by atoms with van der Waals surface area (Å²) < 4.78 is 48.0. The molecule has 0 fully saturated rings. The molecule has 1 amide bonds. The molecule has 3 rings (SSSR count). The third-order valence-electron chi connectivity index (χ3n) is 4.46. The summed E-state index contributed by atoms with van der Waals surface area (Å²) in [5, 5.41) is 5.07. The maximum atomic E-state index is 13.5. The minimum Gasteiger partial charge on any atom is -0.489 e. The summed E-state index contributed by atoms with van der Waals surface area (Å²) in [5.41, 5.74) is 0.413. The van der Waals surface area contributed by atoms with Crippen LogP contribution in [0.1, 0.15) is 6.42 Å². The number of amides is 1. The van der Waals surface area contributed by atoms with Gasteiger partial charge in [-0.25, -0.2) is 22.7 Å². The minimum atomic E-state index is -3.93. The second-order valence-electron chi connectivity index (χ2n) is 6.54. The average Bonchev–Trinajstić information content (AvgIpc) is 3.01. The molecule has 30 heavy (non-hydrogen) atoms. The lowest BCUT2D eigenvalue weighted by Gasteiger charge is -2.17. The maximum absolute atomic E-state index is 13.5. The molecule has 1 aromatic heterocycles. The Kier molecular flexibility index (Phi) is 6.22. The van der Waals surface area contributed by atoms with Crippen molar-refractivity contribution in [3.63, 3.8) is 0 Å². The van der Waals surface area contributed by atoms with E-state index in [0.717, 1.165) is 6.07 Å². The van der Waals surface area contributed by atoms with Crippen molar-refractivity contribution in [2.24, 2.45) is 5.14 Å². The highest BCUT2D eigenvalue weighted by atomic mass is 32.2. The summed E-state index contributed by atoms with van der Waals surface area (Å²) >= 11 is 0. The van der Waals surface area contributed by atoms with E-state index >= 15 is 0 Å². The van der Waals surface area contributed by atoms with E-state index in [4.69, 9.17) is 14.3 Å². The van der Waals surface area contributed by atoms with Crippen LogP contribution in [0.2, 0.25) is 0 Å². The third kappa shape index (κ3) is 4.86. The van der Waals surface area contributed by atoms with Crippen LogP contribution in [0.5, 0.6) is 5.75 Å². The van der Waals surface area contributed by atoms with Crippen LogP contribution in [0.25, 0.3) is 11.1 Å². The van der Waals surface area contributed by atoms with E-state index in [1.807, 2.05) is 0 Å². The van der Waals surface area contributed by atoms with Gasteiger partial charge >= 0.3 is 5.76 Å². The first-order valence-corrected chi connectivity index (χ1v) is 10.5. The number of fused-ring (bicyclic) bond motifs is 1. The summed E-state index contributed by atoms with van der Waals surface area (Å²) in [6, 6.07) is 9.79. The summed E-state index contributed by atoms with van der Waals surface area (Å²) in [6.45, 7) is 0.373. The third-order valence-corrected chi connectivity index (χ3v) is 5.38. The van der Waals surface area contributed by atoms with Crippen molar-refractivity contribution in [3.8, 4) is 5.75 Å². The maximum Gasteiger partial charge on any atom is 0.419 e. The predicted octanol–water partition coefficient (Wildman–Crippen LogP) is 1.31. The number of oxazole rings is 1. The summed E-state index contributed by atoms with van der Waals surface area (Å²) in [6.07, 6.45) is 0.00166. The molecule has 2 N–H and O–H groups in total. The van der Waals surface area contributed by atoms with Crippen molar-refractivity contribution >= 4 is 27.0 Å². The highest BCUT2D eigenvalue weighted by Crippen LogP contribution is 2.18. The number of aryl methyl sites for hydroxylation is 1. The molecule has 0 aliphatic heterocycles. The Bertz CT molecular complexity index is 1230. The van der Waals surface area contributed by atoms with Crippen LogP contribution < -0.4 is 15.6 Å². The number of nitrogens with zero attached hydrogens (tertiary/aromatic N) is 2. The van der Waals surface area contributed by atoms with Crippen LogP contribution in [0.4, 0.5) is 4.39 Å². The van der Waals surface area contributed by atoms with E-state index in [-0.39, 0.29) is 48.3 Å². The smallest absolute Gasteiger partial charge is 0.419 e. The molecule has 9 nitrogen and oxygen atoms in total. The van der Waals surface area contributed by atoms with Crippen LogP contribution in [0, 0.1) is 5.82 Å². The average molecular weight is 437 g/mol. The molecule has 3 aromatic rings. The van der Waals surface area contributed by atoms with Gasteiger partial charge in [0.2, 0.25) is 15.9 Å². The Morgan fingerprint density at radius 3 is 2.70 bits per heavy atom. The number of rotatable bonds is 8. The molecule has 0 radical (unpaired) electrons. The van der Waals surface area contributed by atoms with Gasteiger partial charge in [-0.05, 0) is 24.3 Å². The molecular formula is C19H20FN3O6S. The largest absolute Gasteiger partial charge is 0.489 e. The molecule has 0 saturated carbocycles. The number of carbonyl (C=O) groups is 1. The first kappa shape index (κ1) is 21.5. The molecule has 11 heteroatoms. The van der Waals surface area contributed by atoms with E-state index in [2.05, 4.69) is 0 Å². The molecule has 0 spiro atoms. The molecule has 0 saturated heterocycles. The first-order valence-electron chi connectivity index (χ1n) is 8.94. The molecule has 0 atom stereocenters. The van der Waals surface area contributed by atoms with Gasteiger partial charge in [-0.2, -0.15) is 0 Å². The standard InChI is InChI=1S/C19H20FN3O6S/c1-22(10-11-28-16-5-3-2-4-14(16)20)18(24)8-9-23-15-7-6-13(30(21,26)27)12-17(15)29-19(23)25/h2-7,12H,8-11H2,1H3,(H2,21,26,27). The van der Waals surface area contributed by atoms with E-state index in [1.54, 1.807) is 19.2 Å². The van der Waals surface area contributed by atoms with Gasteiger partial charge < -0.3 is 14.1 Å². The Balaban J connectivity index is 1.60. The van der Waals surface area contributed by atoms with Crippen LogP contribution in [0.15, 0.2) is 56.6 Å². The number of aromatic nitrogens is 1. The molecule has 0 aliphatic carbocycles. The van der Waals surface area contributed by atoms with Gasteiger partial charge in [0.05, 0.1) is 17.0 Å². The zero-order valence-corrected chi connectivity index (χ0v) is 16.9. The Labute approximate surface area is 171 Å². The summed E-state index contributed by atoms with van der Waals surface area (Å²) in [7, 11) is -2.36. The fourth-order valence-electron chi connectivity index (χ4n) is 2.81. The van der Waals surface area contributed by atoms with E-state index in [1.165, 1.54) is 33.7 Å². The Hall–Kier alpha value is -3.18. The number of hydrogen-bond acceptors (Lipinski definition) is 6. The zero-order chi connectivity index (χ0) is 21.9. The minimum absolute atomic E-state index is 0.00166. The van der Waals surface area contributed by atoms with Gasteiger partial charge in [0.1, 0.15) is 6.61 Å². The highest BCUT2D eigenvalue weighted by molar-refractivity contribution is 7.89. The van der Waals surface area contributed by atoms with Crippen LogP contribution in [-0.4, -0.2) is 44.0 Å². The number of primary sulfonamides is 1. The number of likely N-dealkylation sites (N-methyl/N-ethyl adjacent to an activating group) is 1. The molecule has 160 valence electrons. The summed E-state index contributed by atoms with van der Waals surface area (Å²) in [5.74, 6) is -1.35. The lowest BCUT2D eigenvalue weighted by Crippen LogP contribution is -2.32. The van der Waals surface area contributed by atoms with Gasteiger partial charge in [-0.1, -0.05) is 12.1 Å². The fraction of sp³-hybridized carbons (Fsp3) is 0.263. The van der Waals surface area contributed by atoms with Crippen molar-refractivity contribution in [1.29, 1.82) is 0 Å². The normalized spacial score (nSPS) is 11.6. The molecule has 1 heterocycles. The highest BCUT2D eigenvalue weighted by Gasteiger charge is 2.16. The van der Waals surface area contributed by atoms with Crippen LogP contribution in [0.3, 0.4) is 0 Å².